The van der Waals surface area contributed by atoms with E-state index in [0.29, 0.717) is 11.3 Å². The summed E-state index contributed by atoms with van der Waals surface area (Å²) in [4.78, 5) is 23.9. The van der Waals surface area contributed by atoms with Crippen LogP contribution in [-0.2, 0) is 19.6 Å². The lowest BCUT2D eigenvalue weighted by molar-refractivity contribution is -0.144. The lowest BCUT2D eigenvalue weighted by atomic mass is 10.1. The summed E-state index contributed by atoms with van der Waals surface area (Å²) in [6.07, 6.45) is -1.10. The third-order valence-electron chi connectivity index (χ3n) is 3.58. The highest BCUT2D eigenvalue weighted by Crippen LogP contribution is 2.14. The van der Waals surface area contributed by atoms with Crippen molar-refractivity contribution in [3.63, 3.8) is 0 Å². The third-order valence-corrected chi connectivity index (χ3v) is 5.00. The van der Waals surface area contributed by atoms with Gasteiger partial charge in [-0.2, -0.15) is 4.72 Å². The zero-order valence-corrected chi connectivity index (χ0v) is 15.5. The van der Waals surface area contributed by atoms with Gasteiger partial charge in [0.2, 0.25) is 15.8 Å². The number of carbonyl (C=O) groups is 2. The fourth-order valence-corrected chi connectivity index (χ4v) is 3.10. The first-order valence-corrected chi connectivity index (χ1v) is 9.34. The third kappa shape index (κ3) is 5.60. The van der Waals surface area contributed by atoms with Crippen LogP contribution in [0.25, 0.3) is 0 Å². The molecule has 0 spiro atoms. The van der Waals surface area contributed by atoms with E-state index in [9.17, 15) is 22.4 Å². The fourth-order valence-electron chi connectivity index (χ4n) is 2.13. The van der Waals surface area contributed by atoms with Gasteiger partial charge >= 0.3 is 5.97 Å². The molecule has 27 heavy (non-hydrogen) atoms. The molecular formula is C18H18FNO6S. The zero-order valence-electron chi connectivity index (χ0n) is 14.6. The molecule has 2 aromatic rings. The van der Waals surface area contributed by atoms with Crippen molar-refractivity contribution in [1.82, 2.24) is 4.72 Å². The minimum atomic E-state index is -4.00. The first kappa shape index (κ1) is 20.5. The summed E-state index contributed by atoms with van der Waals surface area (Å²) >= 11 is 0. The quantitative estimate of drug-likeness (QED) is 0.542. The van der Waals surface area contributed by atoms with Crippen LogP contribution in [0.3, 0.4) is 0 Å². The Labute approximate surface area is 156 Å². The van der Waals surface area contributed by atoms with Gasteiger partial charge in [-0.3, -0.25) is 9.59 Å². The Morgan fingerprint density at radius 1 is 1.07 bits per heavy atom. The maximum Gasteiger partial charge on any atom is 0.321 e. The summed E-state index contributed by atoms with van der Waals surface area (Å²) in [6.45, 7) is 0.721. The van der Waals surface area contributed by atoms with Crippen molar-refractivity contribution in [2.24, 2.45) is 0 Å². The van der Waals surface area contributed by atoms with E-state index in [1.165, 1.54) is 26.2 Å². The molecule has 2 aromatic carbocycles. The predicted octanol–water partition coefficient (Wildman–Crippen LogP) is 1.93. The molecule has 0 aliphatic heterocycles. The summed E-state index contributed by atoms with van der Waals surface area (Å²) in [5, 5.41) is 0. The highest BCUT2D eigenvalue weighted by atomic mass is 32.2. The molecule has 0 amide bonds. The van der Waals surface area contributed by atoms with Crippen LogP contribution >= 0.6 is 0 Å². The number of methoxy groups -OCH3 is 1. The maximum absolute atomic E-state index is 12.9. The molecule has 0 heterocycles. The van der Waals surface area contributed by atoms with Crippen molar-refractivity contribution >= 4 is 21.8 Å². The van der Waals surface area contributed by atoms with Crippen LogP contribution in [0.2, 0.25) is 0 Å². The van der Waals surface area contributed by atoms with Crippen molar-refractivity contribution in [2.75, 3.05) is 13.7 Å². The number of esters is 1. The van der Waals surface area contributed by atoms with E-state index in [2.05, 4.69) is 0 Å². The summed E-state index contributed by atoms with van der Waals surface area (Å²) in [7, 11) is -2.51. The Morgan fingerprint density at radius 3 is 2.22 bits per heavy atom. The lowest BCUT2D eigenvalue weighted by Gasteiger charge is -2.13. The first-order chi connectivity index (χ1) is 12.7. The average Bonchev–Trinajstić information content (AvgIpc) is 2.66. The molecule has 0 fully saturated rings. The van der Waals surface area contributed by atoms with Gasteiger partial charge in [0.1, 0.15) is 18.1 Å². The lowest BCUT2D eigenvalue weighted by Crippen LogP contribution is -2.34. The molecule has 1 atom stereocenters. The molecule has 144 valence electrons. The molecule has 0 aliphatic carbocycles. The second kappa shape index (κ2) is 8.74. The molecule has 0 radical (unpaired) electrons. The largest absolute Gasteiger partial charge is 0.497 e. The highest BCUT2D eigenvalue weighted by molar-refractivity contribution is 7.89. The van der Waals surface area contributed by atoms with Gasteiger partial charge in [-0.05, 0) is 55.5 Å². The van der Waals surface area contributed by atoms with Gasteiger partial charge in [0, 0.05) is 5.56 Å². The van der Waals surface area contributed by atoms with Crippen molar-refractivity contribution in [1.29, 1.82) is 0 Å². The van der Waals surface area contributed by atoms with Gasteiger partial charge in [-0.1, -0.05) is 0 Å². The Hall–Kier alpha value is -2.78. The van der Waals surface area contributed by atoms with E-state index in [1.807, 2.05) is 4.72 Å². The van der Waals surface area contributed by atoms with Crippen molar-refractivity contribution in [3.05, 3.63) is 59.9 Å². The predicted molar refractivity (Wildman–Crippen MR) is 94.5 cm³/mol. The van der Waals surface area contributed by atoms with Gasteiger partial charge in [0.05, 0.1) is 12.0 Å². The van der Waals surface area contributed by atoms with E-state index >= 15 is 0 Å². The number of benzene rings is 2. The number of halogens is 1. The van der Waals surface area contributed by atoms with E-state index < -0.39 is 40.2 Å². The maximum atomic E-state index is 12.9. The van der Waals surface area contributed by atoms with Crippen molar-refractivity contribution in [2.45, 2.75) is 17.9 Å². The van der Waals surface area contributed by atoms with E-state index in [0.717, 1.165) is 24.3 Å². The van der Waals surface area contributed by atoms with Gasteiger partial charge in [-0.25, -0.2) is 12.8 Å². The Kier molecular flexibility index (Phi) is 6.65. The minimum absolute atomic E-state index is 0.195. The molecule has 0 saturated carbocycles. The van der Waals surface area contributed by atoms with Gasteiger partial charge in [0.15, 0.2) is 6.10 Å². The Balaban J connectivity index is 1.92. The number of rotatable bonds is 8. The Bertz CT molecular complexity index is 910. The van der Waals surface area contributed by atoms with E-state index in [1.54, 1.807) is 12.1 Å². The molecule has 0 bridgehead atoms. The minimum Gasteiger partial charge on any atom is -0.497 e. The molecular weight excluding hydrogens is 377 g/mol. The number of nitrogens with one attached hydrogen (secondary N) is 1. The molecule has 0 unspecified atom stereocenters. The standard InChI is InChI=1S/C18H18FNO6S/c1-12(18(22)13-3-7-15(25-2)8-4-13)26-17(21)11-20-27(23,24)16-9-5-14(19)6-10-16/h3-10,12,20H,11H2,1-2H3/t12-/m1/s1. The highest BCUT2D eigenvalue weighted by Gasteiger charge is 2.21. The van der Waals surface area contributed by atoms with Gasteiger partial charge < -0.3 is 9.47 Å². The monoisotopic (exact) mass is 395 g/mol. The number of hydrogen-bond acceptors (Lipinski definition) is 6. The summed E-state index contributed by atoms with van der Waals surface area (Å²) in [6, 6.07) is 10.4. The second-order valence-corrected chi connectivity index (χ2v) is 7.27. The van der Waals surface area contributed by atoms with E-state index in [-0.39, 0.29) is 4.90 Å². The summed E-state index contributed by atoms with van der Waals surface area (Å²) in [5.41, 5.74) is 0.322. The number of sulfonamides is 1. The van der Waals surface area contributed by atoms with Crippen LogP contribution < -0.4 is 9.46 Å². The van der Waals surface area contributed by atoms with Crippen LogP contribution in [0.5, 0.6) is 5.75 Å². The molecule has 0 aliphatic rings. The van der Waals surface area contributed by atoms with Gasteiger partial charge in [0.25, 0.3) is 0 Å². The topological polar surface area (TPSA) is 98.8 Å². The first-order valence-electron chi connectivity index (χ1n) is 7.86. The van der Waals surface area contributed by atoms with Crippen molar-refractivity contribution in [3.8, 4) is 5.75 Å². The van der Waals surface area contributed by atoms with Gasteiger partial charge in [-0.15, -0.1) is 0 Å². The second-order valence-electron chi connectivity index (χ2n) is 5.50. The molecule has 1 N–H and O–H groups in total. The van der Waals surface area contributed by atoms with Crippen LogP contribution in [0.1, 0.15) is 17.3 Å². The molecule has 2 rings (SSSR count). The normalized spacial score (nSPS) is 12.3. The van der Waals surface area contributed by atoms with Crippen molar-refractivity contribution < 1.29 is 31.9 Å². The molecule has 0 saturated heterocycles. The number of ether oxygens (including phenoxy) is 2. The number of carbonyl (C=O) groups excluding carboxylic acids is 2. The molecule has 0 aromatic heterocycles. The van der Waals surface area contributed by atoms with E-state index in [4.69, 9.17) is 9.47 Å². The average molecular weight is 395 g/mol. The smallest absolute Gasteiger partial charge is 0.321 e. The fraction of sp³-hybridized carbons (Fsp3) is 0.222. The Morgan fingerprint density at radius 2 is 1.67 bits per heavy atom. The molecule has 7 nitrogen and oxygen atoms in total. The number of Topliss-reactive ketones (excluding diaryl/α,β-unsaturated/α-hetero) is 1. The SMILES string of the molecule is COc1ccc(C(=O)[C@@H](C)OC(=O)CNS(=O)(=O)c2ccc(F)cc2)cc1. The zero-order chi connectivity index (χ0) is 20.0. The van der Waals surface area contributed by atoms with Crippen LogP contribution in [0.4, 0.5) is 4.39 Å². The number of ketones is 1. The molecule has 9 heteroatoms. The summed E-state index contributed by atoms with van der Waals surface area (Å²) < 4.78 is 48.9. The van der Waals surface area contributed by atoms with Crippen LogP contribution in [0, 0.1) is 5.82 Å². The number of hydrogen-bond donors (Lipinski definition) is 1. The van der Waals surface area contributed by atoms with Crippen LogP contribution in [-0.4, -0.2) is 39.9 Å². The summed E-state index contributed by atoms with van der Waals surface area (Å²) in [5.74, 6) is -1.37. The van der Waals surface area contributed by atoms with Crippen LogP contribution in [0.15, 0.2) is 53.4 Å².